The first-order valence-electron chi connectivity index (χ1n) is 9.48. The molecule has 10 heteroatoms. The van der Waals surface area contributed by atoms with Gasteiger partial charge < -0.3 is 5.32 Å². The van der Waals surface area contributed by atoms with E-state index in [9.17, 15) is 26.4 Å². The molecule has 6 nitrogen and oxygen atoms in total. The molecule has 1 aromatic carbocycles. The Hall–Kier alpha value is -2.46. The van der Waals surface area contributed by atoms with E-state index in [-0.39, 0.29) is 31.0 Å². The molecule has 1 aliphatic heterocycles. The number of nitrogens with zero attached hydrogens (tertiary/aromatic N) is 2. The molecule has 1 fully saturated rings. The summed E-state index contributed by atoms with van der Waals surface area (Å²) in [6, 6.07) is 8.81. The molecule has 1 saturated heterocycles. The van der Waals surface area contributed by atoms with Crippen LogP contribution in [0.4, 0.5) is 13.2 Å². The van der Waals surface area contributed by atoms with Crippen LogP contribution in [-0.4, -0.2) is 36.7 Å². The van der Waals surface area contributed by atoms with Gasteiger partial charge in [-0.3, -0.25) is 9.78 Å². The lowest BCUT2D eigenvalue weighted by atomic mass is 9.97. The van der Waals surface area contributed by atoms with Crippen molar-refractivity contribution in [1.29, 1.82) is 0 Å². The summed E-state index contributed by atoms with van der Waals surface area (Å²) < 4.78 is 65.4. The summed E-state index contributed by atoms with van der Waals surface area (Å²) in [6.07, 6.45) is -2.41. The van der Waals surface area contributed by atoms with E-state index in [0.29, 0.717) is 18.9 Å². The zero-order valence-electron chi connectivity index (χ0n) is 16.3. The molecule has 1 atom stereocenters. The maximum Gasteiger partial charge on any atom is 0.416 e. The van der Waals surface area contributed by atoms with Gasteiger partial charge in [-0.1, -0.05) is 12.1 Å². The highest BCUT2D eigenvalue weighted by Gasteiger charge is 2.35. The van der Waals surface area contributed by atoms with E-state index in [4.69, 9.17) is 0 Å². The van der Waals surface area contributed by atoms with Crippen LogP contribution in [0, 0.1) is 5.92 Å². The number of piperidine rings is 1. The van der Waals surface area contributed by atoms with E-state index in [1.165, 1.54) is 0 Å². The Morgan fingerprint density at radius 3 is 2.47 bits per heavy atom. The van der Waals surface area contributed by atoms with Gasteiger partial charge in [-0.05, 0) is 50.1 Å². The number of hydrogen-bond acceptors (Lipinski definition) is 4. The van der Waals surface area contributed by atoms with Crippen molar-refractivity contribution in [3.8, 4) is 0 Å². The minimum Gasteiger partial charge on any atom is -0.348 e. The largest absolute Gasteiger partial charge is 0.416 e. The summed E-state index contributed by atoms with van der Waals surface area (Å²) in [4.78, 5) is 16.3. The van der Waals surface area contributed by atoms with E-state index >= 15 is 0 Å². The fourth-order valence-electron chi connectivity index (χ4n) is 3.38. The Kier molecular flexibility index (Phi) is 6.47. The van der Waals surface area contributed by atoms with Crippen LogP contribution in [0.1, 0.15) is 37.1 Å². The van der Waals surface area contributed by atoms with Gasteiger partial charge >= 0.3 is 6.18 Å². The molecular weight excluding hydrogens is 419 g/mol. The summed E-state index contributed by atoms with van der Waals surface area (Å²) in [5.74, 6) is -0.562. The Labute approximate surface area is 173 Å². The van der Waals surface area contributed by atoms with E-state index < -0.39 is 26.7 Å². The fraction of sp³-hybridized carbons (Fsp3) is 0.400. The first-order chi connectivity index (χ1) is 14.1. The zero-order valence-corrected chi connectivity index (χ0v) is 17.1. The molecule has 2 heterocycles. The van der Waals surface area contributed by atoms with Gasteiger partial charge in [0.25, 0.3) is 0 Å². The number of hydrogen-bond donors (Lipinski definition) is 1. The maximum atomic E-state index is 12.9. The molecule has 0 aliphatic carbocycles. The zero-order chi connectivity index (χ0) is 21.9. The number of sulfonamides is 1. The van der Waals surface area contributed by atoms with Gasteiger partial charge in [-0.15, -0.1) is 0 Å². The topological polar surface area (TPSA) is 79.4 Å². The van der Waals surface area contributed by atoms with Gasteiger partial charge in [-0.25, -0.2) is 8.42 Å². The van der Waals surface area contributed by atoms with Crippen LogP contribution in [0.15, 0.2) is 53.6 Å². The van der Waals surface area contributed by atoms with E-state index in [1.54, 1.807) is 18.3 Å². The average Bonchev–Trinajstić information content (AvgIpc) is 2.74. The smallest absolute Gasteiger partial charge is 0.348 e. The molecule has 30 heavy (non-hydrogen) atoms. The molecular formula is C20H22F3N3O3S. The first-order valence-corrected chi connectivity index (χ1v) is 10.9. The predicted molar refractivity (Wildman–Crippen MR) is 104 cm³/mol. The maximum absolute atomic E-state index is 12.9. The van der Waals surface area contributed by atoms with Crippen molar-refractivity contribution >= 4 is 15.9 Å². The highest BCUT2D eigenvalue weighted by atomic mass is 32.2. The van der Waals surface area contributed by atoms with Gasteiger partial charge in [-0.2, -0.15) is 17.5 Å². The monoisotopic (exact) mass is 441 g/mol. The summed E-state index contributed by atoms with van der Waals surface area (Å²) in [5.41, 5.74) is -0.295. The predicted octanol–water partition coefficient (Wildman–Crippen LogP) is 3.38. The molecule has 1 aliphatic rings. The summed E-state index contributed by atoms with van der Waals surface area (Å²) >= 11 is 0. The van der Waals surface area contributed by atoms with Crippen molar-refractivity contribution in [2.75, 3.05) is 13.1 Å². The van der Waals surface area contributed by atoms with Gasteiger partial charge in [0.2, 0.25) is 15.9 Å². The second-order valence-corrected chi connectivity index (χ2v) is 9.13. The van der Waals surface area contributed by atoms with E-state index in [0.717, 1.165) is 28.2 Å². The molecule has 0 radical (unpaired) electrons. The molecule has 0 saturated carbocycles. The van der Waals surface area contributed by atoms with Crippen LogP contribution < -0.4 is 5.32 Å². The SMILES string of the molecule is CC(NC(=O)C1CCN(S(=O)(=O)c2cccc(C(F)(F)F)c2)CC1)c1ccccn1. The van der Waals surface area contributed by atoms with Crippen molar-refractivity contribution in [2.45, 2.75) is 36.9 Å². The lowest BCUT2D eigenvalue weighted by Gasteiger charge is -2.31. The number of aromatic nitrogens is 1. The van der Waals surface area contributed by atoms with Crippen molar-refractivity contribution in [1.82, 2.24) is 14.6 Å². The lowest BCUT2D eigenvalue weighted by molar-refractivity contribution is -0.137. The highest BCUT2D eigenvalue weighted by Crippen LogP contribution is 2.32. The molecule has 0 bridgehead atoms. The Balaban J connectivity index is 1.63. The lowest BCUT2D eigenvalue weighted by Crippen LogP contribution is -2.43. The first kappa shape index (κ1) is 22.2. The van der Waals surface area contributed by atoms with Crippen molar-refractivity contribution in [2.24, 2.45) is 5.92 Å². The number of rotatable bonds is 5. The van der Waals surface area contributed by atoms with E-state index in [2.05, 4.69) is 10.3 Å². The quantitative estimate of drug-likeness (QED) is 0.772. The van der Waals surface area contributed by atoms with Gasteiger partial charge in [0.05, 0.1) is 22.2 Å². The van der Waals surface area contributed by atoms with Crippen LogP contribution in [0.25, 0.3) is 0 Å². The normalized spacial score (nSPS) is 17.5. The number of halogens is 3. The van der Waals surface area contributed by atoms with Crippen LogP contribution >= 0.6 is 0 Å². The van der Waals surface area contributed by atoms with Gasteiger partial charge in [0, 0.05) is 25.2 Å². The number of nitrogens with one attached hydrogen (secondary N) is 1. The fourth-order valence-corrected chi connectivity index (χ4v) is 4.89. The summed E-state index contributed by atoms with van der Waals surface area (Å²) in [6.45, 7) is 1.94. The number of carbonyl (C=O) groups is 1. The third-order valence-electron chi connectivity index (χ3n) is 5.11. The Bertz CT molecular complexity index is 989. The molecule has 1 N–H and O–H groups in total. The van der Waals surface area contributed by atoms with Crippen molar-refractivity contribution in [3.05, 3.63) is 59.9 Å². The minimum absolute atomic E-state index is 0.0641. The number of pyridine rings is 1. The molecule has 1 unspecified atom stereocenters. The molecule has 3 rings (SSSR count). The van der Waals surface area contributed by atoms with E-state index in [1.807, 2.05) is 13.0 Å². The van der Waals surface area contributed by atoms with Crippen molar-refractivity contribution in [3.63, 3.8) is 0 Å². The number of carbonyl (C=O) groups excluding carboxylic acids is 1. The van der Waals surface area contributed by atoms with Crippen LogP contribution in [-0.2, 0) is 21.0 Å². The van der Waals surface area contributed by atoms with Gasteiger partial charge in [0.1, 0.15) is 0 Å². The van der Waals surface area contributed by atoms with Crippen molar-refractivity contribution < 1.29 is 26.4 Å². The second kappa shape index (κ2) is 8.73. The van der Waals surface area contributed by atoms with Crippen LogP contribution in [0.2, 0.25) is 0 Å². The van der Waals surface area contributed by atoms with Crippen LogP contribution in [0.5, 0.6) is 0 Å². The molecule has 162 valence electrons. The molecule has 1 amide bonds. The minimum atomic E-state index is -4.62. The number of amides is 1. The second-order valence-electron chi connectivity index (χ2n) is 7.19. The molecule has 0 spiro atoms. The van der Waals surface area contributed by atoms with Crippen LogP contribution in [0.3, 0.4) is 0 Å². The molecule has 2 aromatic rings. The third-order valence-corrected chi connectivity index (χ3v) is 7.01. The third kappa shape index (κ3) is 4.99. The number of benzene rings is 1. The number of alkyl halides is 3. The summed E-state index contributed by atoms with van der Waals surface area (Å²) in [5, 5.41) is 2.88. The standard InChI is InChI=1S/C20H22F3N3O3S/c1-14(18-7-2-3-10-24-18)25-19(27)15-8-11-26(12-9-15)30(28,29)17-6-4-5-16(13-17)20(21,22)23/h2-7,10,13-15H,8-9,11-12H2,1H3,(H,25,27). The Morgan fingerprint density at radius 1 is 1.17 bits per heavy atom. The highest BCUT2D eigenvalue weighted by molar-refractivity contribution is 7.89. The molecule has 1 aromatic heterocycles. The summed E-state index contributed by atoms with van der Waals surface area (Å²) in [7, 11) is -4.07. The average molecular weight is 441 g/mol. The van der Waals surface area contributed by atoms with Gasteiger partial charge in [0.15, 0.2) is 0 Å². The Morgan fingerprint density at radius 2 is 1.87 bits per heavy atom.